The van der Waals surface area contributed by atoms with E-state index in [2.05, 4.69) is 33.5 Å². The number of carbonyl (C=O) groups excluding carboxylic acids is 1. The molecular weight excluding hydrogens is 441 g/mol. The smallest absolute Gasteiger partial charge is 0.251 e. The Labute approximate surface area is 196 Å². The van der Waals surface area contributed by atoms with Gasteiger partial charge in [0.15, 0.2) is 11.5 Å². The lowest BCUT2D eigenvalue weighted by atomic mass is 10.0. The molecule has 1 N–H and O–H groups in total. The molecule has 8 heteroatoms. The molecule has 0 saturated carbocycles. The highest BCUT2D eigenvalue weighted by Gasteiger charge is 2.31. The molecular formula is C25H26FN3O3S. The maximum atomic E-state index is 13.3. The Bertz CT molecular complexity index is 1100. The Morgan fingerprint density at radius 1 is 1.03 bits per heavy atom. The summed E-state index contributed by atoms with van der Waals surface area (Å²) < 4.78 is 24.0. The maximum Gasteiger partial charge on any atom is 0.251 e. The van der Waals surface area contributed by atoms with Crippen LogP contribution in [0.4, 0.5) is 10.1 Å². The van der Waals surface area contributed by atoms with Gasteiger partial charge in [-0.3, -0.25) is 9.69 Å². The number of nitrogens with zero attached hydrogens (tertiary/aromatic N) is 2. The quantitative estimate of drug-likeness (QED) is 0.586. The molecule has 3 aromatic rings. The van der Waals surface area contributed by atoms with Gasteiger partial charge in [0.1, 0.15) is 5.82 Å². The fraction of sp³-hybridized carbons (Fsp3) is 0.320. The third kappa shape index (κ3) is 4.67. The summed E-state index contributed by atoms with van der Waals surface area (Å²) in [6.07, 6.45) is 0. The van der Waals surface area contributed by atoms with Gasteiger partial charge in [0.25, 0.3) is 5.91 Å². The van der Waals surface area contributed by atoms with E-state index >= 15 is 0 Å². The van der Waals surface area contributed by atoms with Crippen molar-refractivity contribution in [1.82, 2.24) is 10.2 Å². The predicted octanol–water partition coefficient (Wildman–Crippen LogP) is 4.30. The zero-order valence-corrected chi connectivity index (χ0v) is 19.2. The summed E-state index contributed by atoms with van der Waals surface area (Å²) in [4.78, 5) is 18.9. The first-order chi connectivity index (χ1) is 16.1. The molecule has 0 radical (unpaired) electrons. The predicted molar refractivity (Wildman–Crippen MR) is 127 cm³/mol. The number of rotatable bonds is 6. The molecule has 0 bridgehead atoms. The number of anilines is 1. The van der Waals surface area contributed by atoms with Crippen molar-refractivity contribution < 1.29 is 18.7 Å². The van der Waals surface area contributed by atoms with E-state index in [1.807, 2.05) is 18.2 Å². The van der Waals surface area contributed by atoms with Crippen LogP contribution in [0, 0.1) is 5.82 Å². The molecule has 2 aliphatic heterocycles. The minimum absolute atomic E-state index is 0.0679. The molecule has 2 aliphatic rings. The SMILES string of the molecule is C[C@H](NC(=O)c1ccc2c(c1)OCO2)[C@H](c1cccs1)N1CCN(c2ccc(F)cc2)CC1. The van der Waals surface area contributed by atoms with Gasteiger partial charge in [-0.1, -0.05) is 6.07 Å². The zero-order chi connectivity index (χ0) is 22.8. The molecule has 5 rings (SSSR count). The number of halogens is 1. The molecule has 1 fully saturated rings. The van der Waals surface area contributed by atoms with Crippen LogP contribution in [0.5, 0.6) is 11.5 Å². The summed E-state index contributed by atoms with van der Waals surface area (Å²) >= 11 is 1.71. The summed E-state index contributed by atoms with van der Waals surface area (Å²) in [6, 6.07) is 16.1. The van der Waals surface area contributed by atoms with Crippen molar-refractivity contribution in [3.63, 3.8) is 0 Å². The van der Waals surface area contributed by atoms with E-state index in [1.54, 1.807) is 29.5 Å². The number of hydrogen-bond donors (Lipinski definition) is 1. The van der Waals surface area contributed by atoms with Crippen LogP contribution in [-0.2, 0) is 0 Å². The number of amides is 1. The van der Waals surface area contributed by atoms with Gasteiger partial charge in [-0.05, 0) is 60.8 Å². The van der Waals surface area contributed by atoms with Crippen LogP contribution >= 0.6 is 11.3 Å². The van der Waals surface area contributed by atoms with E-state index in [0.29, 0.717) is 17.1 Å². The van der Waals surface area contributed by atoms with Crippen LogP contribution in [-0.4, -0.2) is 49.8 Å². The molecule has 2 aromatic carbocycles. The molecule has 3 heterocycles. The van der Waals surface area contributed by atoms with Crippen LogP contribution in [0.3, 0.4) is 0 Å². The van der Waals surface area contributed by atoms with E-state index in [0.717, 1.165) is 31.9 Å². The van der Waals surface area contributed by atoms with Crippen LogP contribution in [0.15, 0.2) is 60.0 Å². The van der Waals surface area contributed by atoms with Gasteiger partial charge in [-0.2, -0.15) is 0 Å². The van der Waals surface area contributed by atoms with Crippen LogP contribution in [0.25, 0.3) is 0 Å². The standard InChI is InChI=1S/C25H26FN3O3S/c1-17(27-25(30)18-4-9-21-22(15-18)32-16-31-21)24(23-3-2-14-33-23)29-12-10-28(11-13-29)20-7-5-19(26)6-8-20/h2-9,14-15,17,24H,10-13,16H2,1H3,(H,27,30)/t17-,24+/m0/s1. The highest BCUT2D eigenvalue weighted by molar-refractivity contribution is 7.10. The van der Waals surface area contributed by atoms with Crippen molar-refractivity contribution in [3.05, 3.63) is 76.2 Å². The second-order valence-electron chi connectivity index (χ2n) is 8.29. The molecule has 0 aliphatic carbocycles. The molecule has 0 unspecified atom stereocenters. The van der Waals surface area contributed by atoms with Crippen LogP contribution in [0.2, 0.25) is 0 Å². The number of nitrogens with one attached hydrogen (secondary N) is 1. The van der Waals surface area contributed by atoms with Gasteiger partial charge in [0.2, 0.25) is 6.79 Å². The first kappa shape index (κ1) is 21.7. The van der Waals surface area contributed by atoms with Crippen molar-refractivity contribution in [2.45, 2.75) is 19.0 Å². The summed E-state index contributed by atoms with van der Waals surface area (Å²) in [5, 5.41) is 5.27. The number of ether oxygens (including phenoxy) is 2. The average Bonchev–Trinajstić information content (AvgIpc) is 3.52. The van der Waals surface area contributed by atoms with E-state index in [1.165, 1.54) is 17.0 Å². The number of thiophene rings is 1. The summed E-state index contributed by atoms with van der Waals surface area (Å²) in [6.45, 7) is 5.63. The van der Waals surface area contributed by atoms with Gasteiger partial charge in [-0.25, -0.2) is 4.39 Å². The first-order valence-electron chi connectivity index (χ1n) is 11.1. The molecule has 0 spiro atoms. The zero-order valence-electron chi connectivity index (χ0n) is 18.4. The summed E-state index contributed by atoms with van der Waals surface area (Å²) in [5.41, 5.74) is 1.59. The highest BCUT2D eigenvalue weighted by atomic mass is 32.1. The molecule has 172 valence electrons. The minimum atomic E-state index is -0.220. The normalized spacial score (nSPS) is 17.6. The van der Waals surface area contributed by atoms with Crippen LogP contribution < -0.4 is 19.7 Å². The van der Waals surface area contributed by atoms with Gasteiger partial charge < -0.3 is 19.7 Å². The lowest BCUT2D eigenvalue weighted by Crippen LogP contribution is -2.52. The molecule has 1 amide bonds. The Balaban J connectivity index is 1.28. The van der Waals surface area contributed by atoms with Gasteiger partial charge in [0.05, 0.1) is 6.04 Å². The molecule has 1 aromatic heterocycles. The second kappa shape index (κ2) is 9.41. The maximum absolute atomic E-state index is 13.3. The van der Waals surface area contributed by atoms with E-state index in [9.17, 15) is 9.18 Å². The number of fused-ring (bicyclic) bond motifs is 1. The Hall–Kier alpha value is -3.10. The average molecular weight is 468 g/mol. The second-order valence-corrected chi connectivity index (χ2v) is 9.27. The molecule has 1 saturated heterocycles. The van der Waals surface area contributed by atoms with Crippen molar-refractivity contribution in [2.24, 2.45) is 0 Å². The van der Waals surface area contributed by atoms with E-state index < -0.39 is 0 Å². The number of benzene rings is 2. The molecule has 2 atom stereocenters. The van der Waals surface area contributed by atoms with Crippen molar-refractivity contribution in [2.75, 3.05) is 37.9 Å². The van der Waals surface area contributed by atoms with Crippen molar-refractivity contribution >= 4 is 22.9 Å². The van der Waals surface area contributed by atoms with Crippen molar-refractivity contribution in [3.8, 4) is 11.5 Å². The number of hydrogen-bond acceptors (Lipinski definition) is 6. The highest BCUT2D eigenvalue weighted by Crippen LogP contribution is 2.33. The number of piperazine rings is 1. The summed E-state index contributed by atoms with van der Waals surface area (Å²) in [5.74, 6) is 0.909. The Morgan fingerprint density at radius 2 is 1.79 bits per heavy atom. The van der Waals surface area contributed by atoms with Gasteiger partial charge >= 0.3 is 0 Å². The van der Waals surface area contributed by atoms with Gasteiger partial charge in [0, 0.05) is 48.3 Å². The first-order valence-corrected chi connectivity index (χ1v) is 11.9. The number of carbonyl (C=O) groups is 1. The summed E-state index contributed by atoms with van der Waals surface area (Å²) in [7, 11) is 0. The van der Waals surface area contributed by atoms with Crippen LogP contribution in [0.1, 0.15) is 28.2 Å². The topological polar surface area (TPSA) is 54.0 Å². The minimum Gasteiger partial charge on any atom is -0.454 e. The fourth-order valence-corrected chi connectivity index (χ4v) is 5.48. The Morgan fingerprint density at radius 3 is 2.52 bits per heavy atom. The van der Waals surface area contributed by atoms with Gasteiger partial charge in [-0.15, -0.1) is 11.3 Å². The third-order valence-corrected chi connectivity index (χ3v) is 7.14. The molecule has 6 nitrogen and oxygen atoms in total. The fourth-order valence-electron chi connectivity index (χ4n) is 4.52. The third-order valence-electron chi connectivity index (χ3n) is 6.20. The lowest BCUT2D eigenvalue weighted by molar-refractivity contribution is 0.0890. The van der Waals surface area contributed by atoms with E-state index in [4.69, 9.17) is 9.47 Å². The lowest BCUT2D eigenvalue weighted by Gasteiger charge is -2.42. The monoisotopic (exact) mass is 467 g/mol. The van der Waals surface area contributed by atoms with Crippen molar-refractivity contribution in [1.29, 1.82) is 0 Å². The van der Waals surface area contributed by atoms with E-state index in [-0.39, 0.29) is 30.6 Å². The molecule has 33 heavy (non-hydrogen) atoms. The largest absolute Gasteiger partial charge is 0.454 e. The Kier molecular flexibility index (Phi) is 6.20.